The minimum absolute atomic E-state index is 0.0906. The zero-order valence-corrected chi connectivity index (χ0v) is 55.0. The molecule has 0 saturated carbocycles. The lowest BCUT2D eigenvalue weighted by atomic mass is 9.97. The lowest BCUT2D eigenvalue weighted by molar-refractivity contribution is -0.270. The summed E-state index contributed by atoms with van der Waals surface area (Å²) in [4.78, 5) is 91.6. The molecule has 7 unspecified atom stereocenters. The van der Waals surface area contributed by atoms with Crippen LogP contribution in [0, 0.1) is 0 Å². The van der Waals surface area contributed by atoms with Crippen molar-refractivity contribution in [1.82, 2.24) is 36.4 Å². The number of ether oxygens (including phenoxy) is 6. The van der Waals surface area contributed by atoms with Crippen LogP contribution in [0.4, 0.5) is 0 Å². The quantitative estimate of drug-likeness (QED) is 0.0210. The molecular formula is C59H108N7O25P. The van der Waals surface area contributed by atoms with Crippen LogP contribution in [0.5, 0.6) is 0 Å². The molecule has 3 saturated heterocycles. The summed E-state index contributed by atoms with van der Waals surface area (Å²) in [5.74, 6) is -2.70. The van der Waals surface area contributed by atoms with Crippen molar-refractivity contribution in [2.75, 3.05) is 98.8 Å². The number of hydrogen-bond acceptors (Lipinski definition) is 25. The second-order valence-corrected chi connectivity index (χ2v) is 26.7. The summed E-state index contributed by atoms with van der Waals surface area (Å²) in [6.07, 6.45) is -8.23. The number of unbranched alkanes of at least 4 members (excludes halogenated alkanes) is 9. The van der Waals surface area contributed by atoms with Crippen molar-refractivity contribution in [1.29, 1.82) is 0 Å². The first-order valence-electron chi connectivity index (χ1n) is 32.2. The summed E-state index contributed by atoms with van der Waals surface area (Å²) < 4.78 is 51.7. The van der Waals surface area contributed by atoms with Crippen LogP contribution in [-0.4, -0.2) is 299 Å². The number of rotatable bonds is 46. The number of hydrogen-bond donors (Lipinski definition) is 15. The van der Waals surface area contributed by atoms with Crippen molar-refractivity contribution in [3.05, 3.63) is 0 Å². The molecule has 32 nitrogen and oxygen atoms in total. The summed E-state index contributed by atoms with van der Waals surface area (Å²) in [5.41, 5.74) is 0. The molecule has 92 heavy (non-hydrogen) atoms. The molecule has 0 aromatic heterocycles. The van der Waals surface area contributed by atoms with Crippen LogP contribution >= 0.6 is 7.37 Å². The second kappa shape index (κ2) is 44.6. The van der Waals surface area contributed by atoms with Gasteiger partial charge in [-0.3, -0.25) is 38.1 Å². The van der Waals surface area contributed by atoms with E-state index in [1.165, 1.54) is 39.0 Å². The van der Waals surface area contributed by atoms with Crippen molar-refractivity contribution in [2.24, 2.45) is 0 Å². The average molecular weight is 1350 g/mol. The monoisotopic (exact) mass is 1350 g/mol. The van der Waals surface area contributed by atoms with Crippen LogP contribution in [0.25, 0.3) is 0 Å². The lowest BCUT2D eigenvalue weighted by Crippen LogP contribution is -2.64. The number of nitrogens with zero attached hydrogens (tertiary/aromatic N) is 2. The molecule has 7 amide bonds. The minimum atomic E-state index is -3.07. The summed E-state index contributed by atoms with van der Waals surface area (Å²) in [6, 6.07) is -3.19. The summed E-state index contributed by atoms with van der Waals surface area (Å²) in [7, 11) is -3.07. The van der Waals surface area contributed by atoms with Gasteiger partial charge < -0.3 is 120 Å². The van der Waals surface area contributed by atoms with Crippen molar-refractivity contribution < 1.29 is 122 Å². The van der Waals surface area contributed by atoms with E-state index < -0.39 is 155 Å². The van der Waals surface area contributed by atoms with E-state index in [2.05, 4.69) is 26.6 Å². The molecule has 534 valence electrons. The third-order valence-corrected chi connectivity index (χ3v) is 16.5. The van der Waals surface area contributed by atoms with Gasteiger partial charge in [0.2, 0.25) is 35.4 Å². The Morgan fingerprint density at radius 2 is 0.783 bits per heavy atom. The standard InChI is InChI=1S/C59H108N7O25P/c1-37(70)62-47-53(80)50(77)41(33-67)89-57(47)85-30-15-9-6-12-21-44(74)60-24-18-26-65(46(76)23-14-8-11-17-32-87-59-49(64-39(3)72)55(82)52(79)43(35-69)91-59)28-20-29-66(56(83)40(73)36-88-92(4,5)84)27-19-25-61-45(75)22-13-7-10-16-31-86-58-48(63-38(2)71)54(81)51(78)42(34-68)90-58/h40-43,47-55,57-59,67-69,73,77-82H,6-36H2,1-5H3,(H,60,74)(H,61,75)(H,62,70)(H,63,71)(H,64,72)/t40?,41?,42?,43?,47?,48?,49?,50-,51-,52-,53+,54+,55+,57+,58+,59+/m0/s1. The molecule has 0 radical (unpaired) electrons. The van der Waals surface area contributed by atoms with Gasteiger partial charge in [-0.1, -0.05) is 38.5 Å². The number of nitrogens with one attached hydrogen (secondary N) is 5. The Kier molecular flexibility index (Phi) is 39.7. The smallest absolute Gasteiger partial charge is 0.253 e. The summed E-state index contributed by atoms with van der Waals surface area (Å²) in [5, 5.41) is 115. The third-order valence-electron chi connectivity index (χ3n) is 15.7. The van der Waals surface area contributed by atoms with Crippen LogP contribution in [0.3, 0.4) is 0 Å². The Hall–Kier alpha value is -4.16. The molecule has 16 atom stereocenters. The van der Waals surface area contributed by atoms with Gasteiger partial charge in [-0.25, -0.2) is 0 Å². The topological polar surface area (TPSA) is 470 Å². The van der Waals surface area contributed by atoms with Gasteiger partial charge in [-0.05, 0) is 57.8 Å². The van der Waals surface area contributed by atoms with Crippen LogP contribution < -0.4 is 26.6 Å². The van der Waals surface area contributed by atoms with Gasteiger partial charge in [0.25, 0.3) is 5.91 Å². The van der Waals surface area contributed by atoms with E-state index in [-0.39, 0.29) is 102 Å². The Balaban J connectivity index is 1.53. The fourth-order valence-electron chi connectivity index (χ4n) is 10.7. The van der Waals surface area contributed by atoms with Gasteiger partial charge in [0.05, 0.1) is 26.4 Å². The highest BCUT2D eigenvalue weighted by Crippen LogP contribution is 2.37. The fraction of sp³-hybridized carbons (Fsp3) is 0.881. The SMILES string of the molecule is CC(=O)NC1[C@H](OCCCCCCC(=O)NCCCN(CCCN(CCCNC(=O)CCCCCCO[C@@H]2OC(CO)[C@H](O)[C@H](O)C2NC(C)=O)C(=O)C(O)COP(C)(C)=O)C(=O)CCCCCCO[C@@H]2OC(CO)[C@H](O)[C@H](O)C2NC(C)=O)OC(CO)[C@H](O)[C@@H]1O. The lowest BCUT2D eigenvalue weighted by Gasteiger charge is -2.42. The van der Waals surface area contributed by atoms with Gasteiger partial charge in [-0.2, -0.15) is 0 Å². The number of aliphatic hydroxyl groups is 10. The van der Waals surface area contributed by atoms with Crippen LogP contribution in [0.1, 0.15) is 136 Å². The molecule has 0 spiro atoms. The van der Waals surface area contributed by atoms with Crippen molar-refractivity contribution >= 4 is 48.7 Å². The zero-order chi connectivity index (χ0) is 68.3. The summed E-state index contributed by atoms with van der Waals surface area (Å²) >= 11 is 0. The van der Waals surface area contributed by atoms with Gasteiger partial charge in [-0.15, -0.1) is 0 Å². The van der Waals surface area contributed by atoms with Crippen LogP contribution in [0.15, 0.2) is 0 Å². The first-order valence-corrected chi connectivity index (χ1v) is 34.8. The maximum Gasteiger partial charge on any atom is 0.253 e. The van der Waals surface area contributed by atoms with E-state index in [9.17, 15) is 89.2 Å². The highest BCUT2D eigenvalue weighted by molar-refractivity contribution is 7.57. The highest BCUT2D eigenvalue weighted by atomic mass is 31.2. The van der Waals surface area contributed by atoms with E-state index in [1.54, 1.807) is 4.90 Å². The maximum atomic E-state index is 13.9. The fourth-order valence-corrected chi connectivity index (χ4v) is 11.2. The van der Waals surface area contributed by atoms with E-state index >= 15 is 0 Å². The Morgan fingerprint density at radius 1 is 0.457 bits per heavy atom. The number of carbonyl (C=O) groups excluding carboxylic acids is 7. The molecule has 3 heterocycles. The largest absolute Gasteiger partial charge is 0.394 e. The highest BCUT2D eigenvalue weighted by Gasteiger charge is 2.48. The molecule has 0 bridgehead atoms. The minimum Gasteiger partial charge on any atom is -0.394 e. The molecule has 0 aliphatic carbocycles. The van der Waals surface area contributed by atoms with Gasteiger partial charge >= 0.3 is 0 Å². The Morgan fingerprint density at radius 3 is 1.13 bits per heavy atom. The molecule has 3 aliphatic heterocycles. The molecule has 33 heteroatoms. The normalized spacial score (nSPS) is 26.9. The van der Waals surface area contributed by atoms with E-state index in [0.717, 1.165) is 0 Å². The van der Waals surface area contributed by atoms with E-state index in [1.807, 2.05) is 0 Å². The molecule has 3 aliphatic rings. The molecule has 0 aromatic carbocycles. The predicted molar refractivity (Wildman–Crippen MR) is 328 cm³/mol. The maximum absolute atomic E-state index is 13.9. The number of aliphatic hydroxyl groups excluding tert-OH is 10. The predicted octanol–water partition coefficient (Wildman–Crippen LogP) is -3.31. The van der Waals surface area contributed by atoms with Gasteiger partial charge in [0, 0.05) is 112 Å². The summed E-state index contributed by atoms with van der Waals surface area (Å²) in [6.45, 7) is 5.80. The van der Waals surface area contributed by atoms with Crippen molar-refractivity contribution in [3.63, 3.8) is 0 Å². The second-order valence-electron chi connectivity index (χ2n) is 23.9. The third kappa shape index (κ3) is 30.7. The van der Waals surface area contributed by atoms with E-state index in [4.69, 9.17) is 32.9 Å². The van der Waals surface area contributed by atoms with Gasteiger partial charge in [0.15, 0.2) is 32.3 Å². The zero-order valence-electron chi connectivity index (χ0n) is 54.1. The molecule has 3 fully saturated rings. The van der Waals surface area contributed by atoms with Gasteiger partial charge in [0.1, 0.15) is 73.1 Å². The molecule has 3 rings (SSSR count). The van der Waals surface area contributed by atoms with Crippen molar-refractivity contribution in [2.45, 2.75) is 234 Å². The molecule has 15 N–H and O–H groups in total. The van der Waals surface area contributed by atoms with Crippen molar-refractivity contribution in [3.8, 4) is 0 Å². The average Bonchev–Trinajstić information content (AvgIpc) is 0.873. The Labute approximate surface area is 538 Å². The Bertz CT molecular complexity index is 2230. The first kappa shape index (κ1) is 82.1. The molecular weight excluding hydrogens is 1240 g/mol. The molecule has 0 aromatic rings. The number of carbonyl (C=O) groups is 7. The van der Waals surface area contributed by atoms with E-state index in [0.29, 0.717) is 89.9 Å². The van der Waals surface area contributed by atoms with Crippen LogP contribution in [0.2, 0.25) is 0 Å². The first-order chi connectivity index (χ1) is 43.7. The number of amides is 7. The van der Waals surface area contributed by atoms with Crippen LogP contribution in [-0.2, 0) is 71.1 Å².